The summed E-state index contributed by atoms with van der Waals surface area (Å²) in [6.07, 6.45) is 2.76. The SMILES string of the molecule is Cc1cccc([C@]2(N)CCCCC2=O)c1F. The van der Waals surface area contributed by atoms with E-state index in [9.17, 15) is 9.18 Å². The topological polar surface area (TPSA) is 43.1 Å². The number of carbonyl (C=O) groups excluding carboxylic acids is 1. The minimum absolute atomic E-state index is 0.0387. The molecule has 0 saturated heterocycles. The van der Waals surface area contributed by atoms with Crippen molar-refractivity contribution in [3.05, 3.63) is 35.1 Å². The fourth-order valence-electron chi connectivity index (χ4n) is 2.33. The second kappa shape index (κ2) is 3.98. The molecule has 0 aromatic heterocycles. The number of rotatable bonds is 1. The number of ketones is 1. The number of carbonyl (C=O) groups is 1. The van der Waals surface area contributed by atoms with Gasteiger partial charge in [0.2, 0.25) is 0 Å². The van der Waals surface area contributed by atoms with Crippen molar-refractivity contribution in [1.29, 1.82) is 0 Å². The molecule has 0 unspecified atom stereocenters. The van der Waals surface area contributed by atoms with Crippen LogP contribution < -0.4 is 5.73 Å². The second-order valence-electron chi connectivity index (χ2n) is 4.54. The van der Waals surface area contributed by atoms with Gasteiger partial charge in [0, 0.05) is 12.0 Å². The molecule has 86 valence electrons. The van der Waals surface area contributed by atoms with Gasteiger partial charge in [-0.25, -0.2) is 4.39 Å². The summed E-state index contributed by atoms with van der Waals surface area (Å²) in [6, 6.07) is 5.07. The third kappa shape index (κ3) is 1.65. The first kappa shape index (κ1) is 11.3. The minimum atomic E-state index is -1.10. The Morgan fingerprint density at radius 2 is 2.12 bits per heavy atom. The van der Waals surface area contributed by atoms with Crippen LogP contribution in [0.2, 0.25) is 0 Å². The highest BCUT2D eigenvalue weighted by atomic mass is 19.1. The second-order valence-corrected chi connectivity index (χ2v) is 4.54. The number of halogens is 1. The highest BCUT2D eigenvalue weighted by Crippen LogP contribution is 2.34. The van der Waals surface area contributed by atoms with Gasteiger partial charge < -0.3 is 5.73 Å². The zero-order valence-corrected chi connectivity index (χ0v) is 9.42. The quantitative estimate of drug-likeness (QED) is 0.791. The molecule has 1 aliphatic rings. The molecule has 1 aromatic carbocycles. The van der Waals surface area contributed by atoms with Gasteiger partial charge in [-0.2, -0.15) is 0 Å². The van der Waals surface area contributed by atoms with Gasteiger partial charge in [-0.1, -0.05) is 24.6 Å². The Labute approximate surface area is 94.6 Å². The molecule has 1 aliphatic carbocycles. The van der Waals surface area contributed by atoms with Crippen LogP contribution in [0.1, 0.15) is 36.8 Å². The number of nitrogens with two attached hydrogens (primary N) is 1. The minimum Gasteiger partial charge on any atom is -0.315 e. The fraction of sp³-hybridized carbons (Fsp3) is 0.462. The van der Waals surface area contributed by atoms with Crippen molar-refractivity contribution in [2.75, 3.05) is 0 Å². The highest BCUT2D eigenvalue weighted by molar-refractivity contribution is 5.90. The van der Waals surface area contributed by atoms with Gasteiger partial charge in [-0.3, -0.25) is 4.79 Å². The standard InChI is InChI=1S/C13H16FNO/c1-9-5-4-6-10(12(9)14)13(15)8-3-2-7-11(13)16/h4-6H,2-3,7-8,15H2,1H3/t13-/m1/s1. The van der Waals surface area contributed by atoms with Crippen LogP contribution in [0.3, 0.4) is 0 Å². The number of hydrogen-bond acceptors (Lipinski definition) is 2. The molecule has 16 heavy (non-hydrogen) atoms. The number of aryl methyl sites for hydroxylation is 1. The van der Waals surface area contributed by atoms with E-state index in [1.54, 1.807) is 25.1 Å². The molecule has 2 rings (SSSR count). The lowest BCUT2D eigenvalue weighted by Crippen LogP contribution is -2.47. The van der Waals surface area contributed by atoms with Crippen LogP contribution in [0.25, 0.3) is 0 Å². The van der Waals surface area contributed by atoms with Crippen molar-refractivity contribution in [2.24, 2.45) is 5.73 Å². The van der Waals surface area contributed by atoms with Crippen LogP contribution in [0, 0.1) is 12.7 Å². The summed E-state index contributed by atoms with van der Waals surface area (Å²) in [5, 5.41) is 0. The normalized spacial score (nSPS) is 25.8. The summed E-state index contributed by atoms with van der Waals surface area (Å²) in [7, 11) is 0. The summed E-state index contributed by atoms with van der Waals surface area (Å²) < 4.78 is 14.0. The molecule has 0 spiro atoms. The van der Waals surface area contributed by atoms with Gasteiger partial charge in [0.25, 0.3) is 0 Å². The molecular weight excluding hydrogens is 205 g/mol. The Hall–Kier alpha value is -1.22. The van der Waals surface area contributed by atoms with Gasteiger partial charge in [0.05, 0.1) is 0 Å². The van der Waals surface area contributed by atoms with E-state index >= 15 is 0 Å². The molecular formula is C13H16FNO. The lowest BCUT2D eigenvalue weighted by Gasteiger charge is -2.32. The summed E-state index contributed by atoms with van der Waals surface area (Å²) in [4.78, 5) is 11.9. The van der Waals surface area contributed by atoms with Crippen LogP contribution in [-0.4, -0.2) is 5.78 Å². The molecule has 0 heterocycles. The van der Waals surface area contributed by atoms with Gasteiger partial charge in [0.15, 0.2) is 5.78 Å². The van der Waals surface area contributed by atoms with Crippen LogP contribution >= 0.6 is 0 Å². The van der Waals surface area contributed by atoms with Crippen molar-refractivity contribution >= 4 is 5.78 Å². The molecule has 1 atom stereocenters. The molecule has 1 fully saturated rings. The Bertz CT molecular complexity index is 430. The van der Waals surface area contributed by atoms with Gasteiger partial charge in [-0.05, 0) is 25.3 Å². The fourth-order valence-corrected chi connectivity index (χ4v) is 2.33. The Kier molecular flexibility index (Phi) is 2.80. The first-order valence-corrected chi connectivity index (χ1v) is 5.63. The van der Waals surface area contributed by atoms with E-state index in [1.165, 1.54) is 0 Å². The van der Waals surface area contributed by atoms with Crippen molar-refractivity contribution in [3.63, 3.8) is 0 Å². The molecule has 1 saturated carbocycles. The van der Waals surface area contributed by atoms with Gasteiger partial charge >= 0.3 is 0 Å². The predicted octanol–water partition coefficient (Wildman–Crippen LogP) is 2.43. The molecule has 0 amide bonds. The lowest BCUT2D eigenvalue weighted by molar-refractivity contribution is -0.126. The van der Waals surface area contributed by atoms with Gasteiger partial charge in [0.1, 0.15) is 11.4 Å². The maximum atomic E-state index is 14.0. The Morgan fingerprint density at radius 3 is 2.81 bits per heavy atom. The number of hydrogen-bond donors (Lipinski definition) is 1. The molecule has 0 radical (unpaired) electrons. The first-order chi connectivity index (χ1) is 7.55. The zero-order chi connectivity index (χ0) is 11.8. The van der Waals surface area contributed by atoms with E-state index in [1.807, 2.05) is 0 Å². The lowest BCUT2D eigenvalue weighted by atomic mass is 9.76. The summed E-state index contributed by atoms with van der Waals surface area (Å²) in [5.74, 6) is -0.372. The summed E-state index contributed by atoms with van der Waals surface area (Å²) >= 11 is 0. The highest BCUT2D eigenvalue weighted by Gasteiger charge is 2.39. The molecule has 0 bridgehead atoms. The van der Waals surface area contributed by atoms with Crippen molar-refractivity contribution < 1.29 is 9.18 Å². The Morgan fingerprint density at radius 1 is 1.38 bits per heavy atom. The summed E-state index contributed by atoms with van der Waals surface area (Å²) in [5.41, 5.74) is 5.90. The van der Waals surface area contributed by atoms with E-state index < -0.39 is 5.54 Å². The van der Waals surface area contributed by atoms with Crippen molar-refractivity contribution in [2.45, 2.75) is 38.1 Å². The van der Waals surface area contributed by atoms with Crippen LogP contribution in [0.5, 0.6) is 0 Å². The van der Waals surface area contributed by atoms with E-state index in [2.05, 4.69) is 0 Å². The third-order valence-corrected chi connectivity index (χ3v) is 3.39. The predicted molar refractivity (Wildman–Crippen MR) is 60.5 cm³/mol. The van der Waals surface area contributed by atoms with Crippen LogP contribution in [0.4, 0.5) is 4.39 Å². The van der Waals surface area contributed by atoms with E-state index in [-0.39, 0.29) is 11.6 Å². The average molecular weight is 221 g/mol. The van der Waals surface area contributed by atoms with E-state index in [0.29, 0.717) is 24.0 Å². The molecule has 0 aliphatic heterocycles. The average Bonchev–Trinajstić information content (AvgIpc) is 2.26. The van der Waals surface area contributed by atoms with E-state index in [0.717, 1.165) is 12.8 Å². The maximum Gasteiger partial charge on any atom is 0.157 e. The monoisotopic (exact) mass is 221 g/mol. The first-order valence-electron chi connectivity index (χ1n) is 5.63. The molecule has 2 nitrogen and oxygen atoms in total. The zero-order valence-electron chi connectivity index (χ0n) is 9.42. The van der Waals surface area contributed by atoms with E-state index in [4.69, 9.17) is 5.73 Å². The maximum absolute atomic E-state index is 14.0. The number of Topliss-reactive ketones (excluding diaryl/α,β-unsaturated/α-hetero) is 1. The van der Waals surface area contributed by atoms with Crippen molar-refractivity contribution in [1.82, 2.24) is 0 Å². The summed E-state index contributed by atoms with van der Waals surface area (Å²) in [6.45, 7) is 1.69. The van der Waals surface area contributed by atoms with Crippen molar-refractivity contribution in [3.8, 4) is 0 Å². The van der Waals surface area contributed by atoms with Gasteiger partial charge in [-0.15, -0.1) is 0 Å². The largest absolute Gasteiger partial charge is 0.315 e. The third-order valence-electron chi connectivity index (χ3n) is 3.39. The molecule has 3 heteroatoms. The van der Waals surface area contributed by atoms with Crippen LogP contribution in [0.15, 0.2) is 18.2 Å². The number of benzene rings is 1. The molecule has 1 aromatic rings. The van der Waals surface area contributed by atoms with Crippen LogP contribution in [-0.2, 0) is 10.3 Å². The Balaban J connectivity index is 2.49. The molecule has 2 N–H and O–H groups in total. The smallest absolute Gasteiger partial charge is 0.157 e.